The Morgan fingerprint density at radius 3 is 2.68 bits per heavy atom. The molecule has 1 aromatic carbocycles. The van der Waals surface area contributed by atoms with Gasteiger partial charge >= 0.3 is 0 Å². The summed E-state index contributed by atoms with van der Waals surface area (Å²) in [5.74, 6) is 0.333. The first kappa shape index (κ1) is 13.9. The third-order valence-corrected chi connectivity index (χ3v) is 3.29. The van der Waals surface area contributed by atoms with Crippen molar-refractivity contribution in [2.75, 3.05) is 5.32 Å². The van der Waals surface area contributed by atoms with E-state index >= 15 is 0 Å². The van der Waals surface area contributed by atoms with Crippen LogP contribution < -0.4 is 5.32 Å². The third kappa shape index (κ3) is 2.85. The summed E-state index contributed by atoms with van der Waals surface area (Å²) in [5, 5.41) is 10.9. The highest BCUT2D eigenvalue weighted by molar-refractivity contribution is 6.03. The number of hydrogen-bond acceptors (Lipinski definition) is 4. The number of aromatic nitrogens is 4. The van der Waals surface area contributed by atoms with Crippen molar-refractivity contribution >= 4 is 11.6 Å². The van der Waals surface area contributed by atoms with Crippen molar-refractivity contribution in [1.82, 2.24) is 19.7 Å². The lowest BCUT2D eigenvalue weighted by Crippen LogP contribution is -2.15. The van der Waals surface area contributed by atoms with Gasteiger partial charge in [0.05, 0.1) is 0 Å². The van der Waals surface area contributed by atoms with Crippen LogP contribution in [0.15, 0.2) is 49.1 Å². The lowest BCUT2D eigenvalue weighted by Gasteiger charge is -2.09. The number of hydrogen-bond donors (Lipinski definition) is 1. The Labute approximate surface area is 127 Å². The number of nitrogens with one attached hydrogen (secondary N) is 1. The number of rotatable bonds is 3. The predicted molar refractivity (Wildman–Crippen MR) is 83.0 cm³/mol. The van der Waals surface area contributed by atoms with E-state index in [1.54, 1.807) is 35.4 Å². The number of nitrogens with zero attached hydrogens (tertiary/aromatic N) is 4. The van der Waals surface area contributed by atoms with Gasteiger partial charge < -0.3 is 5.32 Å². The van der Waals surface area contributed by atoms with Crippen molar-refractivity contribution in [2.24, 2.45) is 0 Å². The van der Waals surface area contributed by atoms with Crippen LogP contribution in [-0.4, -0.2) is 25.7 Å². The summed E-state index contributed by atoms with van der Waals surface area (Å²) < 4.78 is 1.72. The average molecular weight is 293 g/mol. The molecule has 1 N–H and O–H groups in total. The van der Waals surface area contributed by atoms with Gasteiger partial charge in [-0.3, -0.25) is 9.36 Å². The SMILES string of the molecule is Cc1ccc(C)c(NC(=O)c2ccc(-n3ccnc3)nn2)c1. The maximum absolute atomic E-state index is 12.2. The zero-order chi connectivity index (χ0) is 15.5. The van der Waals surface area contributed by atoms with E-state index in [1.807, 2.05) is 32.0 Å². The average Bonchev–Trinajstić information content (AvgIpc) is 3.05. The van der Waals surface area contributed by atoms with E-state index in [4.69, 9.17) is 0 Å². The number of benzene rings is 1. The van der Waals surface area contributed by atoms with Crippen LogP contribution in [-0.2, 0) is 0 Å². The van der Waals surface area contributed by atoms with Crippen molar-refractivity contribution < 1.29 is 4.79 Å². The molecule has 110 valence electrons. The van der Waals surface area contributed by atoms with E-state index in [-0.39, 0.29) is 11.6 Å². The molecule has 0 aliphatic heterocycles. The van der Waals surface area contributed by atoms with E-state index in [0.717, 1.165) is 16.8 Å². The Hall–Kier alpha value is -3.02. The summed E-state index contributed by atoms with van der Waals surface area (Å²) >= 11 is 0. The molecule has 0 unspecified atom stereocenters. The van der Waals surface area contributed by atoms with Gasteiger partial charge in [-0.05, 0) is 43.2 Å². The molecule has 0 saturated carbocycles. The summed E-state index contributed by atoms with van der Waals surface area (Å²) in [4.78, 5) is 16.2. The zero-order valence-electron chi connectivity index (χ0n) is 12.3. The van der Waals surface area contributed by atoms with E-state index in [0.29, 0.717) is 5.82 Å². The van der Waals surface area contributed by atoms with Crippen LogP contribution in [0.4, 0.5) is 5.69 Å². The second-order valence-electron chi connectivity index (χ2n) is 5.02. The number of carbonyl (C=O) groups is 1. The molecule has 0 atom stereocenters. The van der Waals surface area contributed by atoms with Crippen molar-refractivity contribution in [1.29, 1.82) is 0 Å². The zero-order valence-corrected chi connectivity index (χ0v) is 12.3. The maximum atomic E-state index is 12.2. The van der Waals surface area contributed by atoms with Crippen LogP contribution in [0.25, 0.3) is 5.82 Å². The molecule has 1 amide bonds. The summed E-state index contributed by atoms with van der Waals surface area (Å²) in [6, 6.07) is 9.28. The van der Waals surface area contributed by atoms with Gasteiger partial charge in [0, 0.05) is 18.1 Å². The van der Waals surface area contributed by atoms with Gasteiger partial charge in [-0.15, -0.1) is 10.2 Å². The van der Waals surface area contributed by atoms with Gasteiger partial charge in [-0.25, -0.2) is 4.98 Å². The van der Waals surface area contributed by atoms with Gasteiger partial charge in [0.1, 0.15) is 6.33 Å². The summed E-state index contributed by atoms with van der Waals surface area (Å²) in [6.07, 6.45) is 5.04. The van der Waals surface area contributed by atoms with Crippen LogP contribution in [0.2, 0.25) is 0 Å². The molecule has 2 aromatic heterocycles. The van der Waals surface area contributed by atoms with Crippen molar-refractivity contribution in [3.63, 3.8) is 0 Å². The highest BCUT2D eigenvalue weighted by Crippen LogP contribution is 2.17. The monoisotopic (exact) mass is 293 g/mol. The first-order valence-electron chi connectivity index (χ1n) is 6.84. The summed E-state index contributed by atoms with van der Waals surface area (Å²) in [7, 11) is 0. The number of aryl methyl sites for hydroxylation is 2. The fourth-order valence-electron chi connectivity index (χ4n) is 2.04. The fourth-order valence-corrected chi connectivity index (χ4v) is 2.04. The number of imidazole rings is 1. The molecule has 0 fully saturated rings. The van der Waals surface area contributed by atoms with Gasteiger partial charge in [-0.1, -0.05) is 12.1 Å². The molecule has 3 rings (SSSR count). The van der Waals surface area contributed by atoms with Crippen LogP contribution in [0.5, 0.6) is 0 Å². The molecule has 0 bridgehead atoms. The Morgan fingerprint density at radius 1 is 1.14 bits per heavy atom. The molecule has 3 aromatic rings. The summed E-state index contributed by atoms with van der Waals surface area (Å²) in [5.41, 5.74) is 3.14. The number of amides is 1. The Balaban J connectivity index is 1.79. The molecule has 0 aliphatic rings. The smallest absolute Gasteiger partial charge is 0.276 e. The molecule has 0 spiro atoms. The van der Waals surface area contributed by atoms with Crippen LogP contribution >= 0.6 is 0 Å². The van der Waals surface area contributed by atoms with Crippen LogP contribution in [0.3, 0.4) is 0 Å². The van der Waals surface area contributed by atoms with Crippen molar-refractivity contribution in [3.05, 3.63) is 65.9 Å². The Bertz CT molecular complexity index is 794. The molecular weight excluding hydrogens is 278 g/mol. The second-order valence-corrected chi connectivity index (χ2v) is 5.02. The first-order valence-corrected chi connectivity index (χ1v) is 6.84. The molecular formula is C16H15N5O. The van der Waals surface area contributed by atoms with Crippen molar-refractivity contribution in [2.45, 2.75) is 13.8 Å². The minimum absolute atomic E-state index is 0.268. The van der Waals surface area contributed by atoms with E-state index < -0.39 is 0 Å². The van der Waals surface area contributed by atoms with Gasteiger partial charge in [0.2, 0.25) is 0 Å². The largest absolute Gasteiger partial charge is 0.320 e. The topological polar surface area (TPSA) is 72.7 Å². The minimum atomic E-state index is -0.279. The standard InChI is InChI=1S/C16H15N5O/c1-11-3-4-12(2)14(9-11)18-16(22)13-5-6-15(20-19-13)21-8-7-17-10-21/h3-10H,1-2H3,(H,18,22). The predicted octanol–water partition coefficient (Wildman–Crippen LogP) is 2.53. The lowest BCUT2D eigenvalue weighted by molar-refractivity contribution is 0.102. The molecule has 0 radical (unpaired) electrons. The number of carbonyl (C=O) groups excluding carboxylic acids is 1. The van der Waals surface area contributed by atoms with Crippen LogP contribution in [0.1, 0.15) is 21.6 Å². The van der Waals surface area contributed by atoms with E-state index in [2.05, 4.69) is 20.5 Å². The Morgan fingerprint density at radius 2 is 2.00 bits per heavy atom. The quantitative estimate of drug-likeness (QED) is 0.805. The highest BCUT2D eigenvalue weighted by Gasteiger charge is 2.10. The van der Waals surface area contributed by atoms with E-state index in [9.17, 15) is 4.79 Å². The molecule has 0 aliphatic carbocycles. The Kier molecular flexibility index (Phi) is 3.65. The van der Waals surface area contributed by atoms with Crippen molar-refractivity contribution in [3.8, 4) is 5.82 Å². The van der Waals surface area contributed by atoms with Gasteiger partial charge in [0.15, 0.2) is 11.5 Å². The first-order chi connectivity index (χ1) is 10.6. The molecule has 2 heterocycles. The molecule has 22 heavy (non-hydrogen) atoms. The van der Waals surface area contributed by atoms with Gasteiger partial charge in [-0.2, -0.15) is 0 Å². The molecule has 6 heteroatoms. The molecule has 0 saturated heterocycles. The summed E-state index contributed by atoms with van der Waals surface area (Å²) in [6.45, 7) is 3.93. The maximum Gasteiger partial charge on any atom is 0.276 e. The highest BCUT2D eigenvalue weighted by atomic mass is 16.1. The fraction of sp³-hybridized carbons (Fsp3) is 0.125. The molecule has 6 nitrogen and oxygen atoms in total. The van der Waals surface area contributed by atoms with E-state index in [1.165, 1.54) is 0 Å². The minimum Gasteiger partial charge on any atom is -0.320 e. The lowest BCUT2D eigenvalue weighted by atomic mass is 10.1. The third-order valence-electron chi connectivity index (χ3n) is 3.29. The number of anilines is 1. The second kappa shape index (κ2) is 5.77. The van der Waals surface area contributed by atoms with Crippen LogP contribution in [0, 0.1) is 13.8 Å². The normalized spacial score (nSPS) is 10.5. The van der Waals surface area contributed by atoms with Gasteiger partial charge in [0.25, 0.3) is 5.91 Å².